The molecule has 0 spiro atoms. The van der Waals surface area contributed by atoms with Gasteiger partial charge in [-0.1, -0.05) is 0 Å². The zero-order valence-electron chi connectivity index (χ0n) is 11.4. The highest BCUT2D eigenvalue weighted by molar-refractivity contribution is 6.26. The van der Waals surface area contributed by atoms with Crippen molar-refractivity contribution >= 4 is 29.2 Å². The van der Waals surface area contributed by atoms with Gasteiger partial charge < -0.3 is 9.64 Å². The van der Waals surface area contributed by atoms with E-state index in [9.17, 15) is 14.4 Å². The molecule has 0 saturated carbocycles. The minimum Gasteiger partial charge on any atom is -0.378 e. The largest absolute Gasteiger partial charge is 0.378 e. The number of carbonyl (C=O) groups excluding carboxylic acids is 3. The van der Waals surface area contributed by atoms with Crippen LogP contribution in [0.3, 0.4) is 0 Å². The zero-order chi connectivity index (χ0) is 14.8. The number of carbonyl (C=O) groups is 3. The highest BCUT2D eigenvalue weighted by Gasteiger charge is 2.31. The van der Waals surface area contributed by atoms with Crippen LogP contribution in [-0.4, -0.2) is 44.1 Å². The number of hydrogen-bond acceptors (Lipinski definition) is 5. The molecule has 7 heteroatoms. The van der Waals surface area contributed by atoms with Gasteiger partial charge in [-0.05, 0) is 24.3 Å². The fourth-order valence-electron chi connectivity index (χ4n) is 2.44. The molecule has 3 rings (SSSR count). The standard InChI is InChI=1S/C14H15N3O4/c18-12-9-13(19)17(14(20)15-12)11-3-1-10(2-4-11)16-5-7-21-8-6-16/h1-4H,5-9H2,(H,15,18,20). The number of rotatable bonds is 2. The minimum absolute atomic E-state index is 0.309. The summed E-state index contributed by atoms with van der Waals surface area (Å²) >= 11 is 0. The predicted molar refractivity (Wildman–Crippen MR) is 75.1 cm³/mol. The van der Waals surface area contributed by atoms with Gasteiger partial charge in [0.05, 0.1) is 18.9 Å². The Morgan fingerprint density at radius 3 is 2.19 bits per heavy atom. The maximum Gasteiger partial charge on any atom is 0.335 e. The minimum atomic E-state index is -0.699. The van der Waals surface area contributed by atoms with Gasteiger partial charge in [0.25, 0.3) is 0 Å². The molecule has 2 aliphatic heterocycles. The predicted octanol–water partition coefficient (Wildman–Crippen LogP) is 0.496. The number of nitrogens with one attached hydrogen (secondary N) is 1. The topological polar surface area (TPSA) is 79.0 Å². The van der Waals surface area contributed by atoms with E-state index in [1.54, 1.807) is 12.1 Å². The second-order valence-electron chi connectivity index (χ2n) is 4.88. The van der Waals surface area contributed by atoms with E-state index in [0.717, 1.165) is 23.7 Å². The van der Waals surface area contributed by atoms with Gasteiger partial charge in [0.15, 0.2) is 0 Å². The lowest BCUT2D eigenvalue weighted by Gasteiger charge is -2.29. The maximum atomic E-state index is 11.8. The molecule has 0 unspecified atom stereocenters. The summed E-state index contributed by atoms with van der Waals surface area (Å²) in [6.45, 7) is 3.02. The highest BCUT2D eigenvalue weighted by atomic mass is 16.5. The Labute approximate surface area is 121 Å². The van der Waals surface area contributed by atoms with Crippen LogP contribution in [0.4, 0.5) is 16.2 Å². The Balaban J connectivity index is 1.78. The Morgan fingerprint density at radius 1 is 0.952 bits per heavy atom. The van der Waals surface area contributed by atoms with Crippen LogP contribution in [0.2, 0.25) is 0 Å². The Hall–Kier alpha value is -2.41. The van der Waals surface area contributed by atoms with Crippen LogP contribution in [0, 0.1) is 0 Å². The van der Waals surface area contributed by atoms with Crippen molar-refractivity contribution in [2.45, 2.75) is 6.42 Å². The third kappa shape index (κ3) is 2.73. The van der Waals surface area contributed by atoms with E-state index in [1.165, 1.54) is 0 Å². The van der Waals surface area contributed by atoms with Gasteiger partial charge in [0.1, 0.15) is 6.42 Å². The van der Waals surface area contributed by atoms with Crippen LogP contribution < -0.4 is 15.1 Å². The van der Waals surface area contributed by atoms with Crippen molar-refractivity contribution in [2.24, 2.45) is 0 Å². The molecule has 1 aromatic carbocycles. The van der Waals surface area contributed by atoms with E-state index in [0.29, 0.717) is 18.9 Å². The first-order chi connectivity index (χ1) is 10.1. The van der Waals surface area contributed by atoms with Gasteiger partial charge in [-0.15, -0.1) is 0 Å². The second-order valence-corrected chi connectivity index (χ2v) is 4.88. The van der Waals surface area contributed by atoms with Crippen molar-refractivity contribution in [3.63, 3.8) is 0 Å². The molecule has 7 nitrogen and oxygen atoms in total. The first kappa shape index (κ1) is 13.6. The average molecular weight is 289 g/mol. The monoisotopic (exact) mass is 289 g/mol. The summed E-state index contributed by atoms with van der Waals surface area (Å²) in [4.78, 5) is 37.9. The van der Waals surface area contributed by atoms with Gasteiger partial charge in [0.2, 0.25) is 11.8 Å². The third-order valence-electron chi connectivity index (χ3n) is 3.49. The number of barbiturate groups is 1. The number of urea groups is 1. The molecule has 0 atom stereocenters. The molecule has 0 aromatic heterocycles. The van der Waals surface area contributed by atoms with E-state index in [4.69, 9.17) is 4.74 Å². The van der Waals surface area contributed by atoms with Gasteiger partial charge in [-0.2, -0.15) is 0 Å². The molecular weight excluding hydrogens is 274 g/mol. The Bertz CT molecular complexity index is 558. The molecule has 21 heavy (non-hydrogen) atoms. The summed E-state index contributed by atoms with van der Waals surface area (Å²) < 4.78 is 5.30. The number of hydrogen-bond donors (Lipinski definition) is 1. The normalized spacial score (nSPS) is 19.7. The number of nitrogens with zero attached hydrogens (tertiary/aromatic N) is 2. The van der Waals surface area contributed by atoms with Crippen LogP contribution in [0.5, 0.6) is 0 Å². The molecule has 2 saturated heterocycles. The zero-order valence-corrected chi connectivity index (χ0v) is 11.4. The van der Waals surface area contributed by atoms with E-state index in [2.05, 4.69) is 10.2 Å². The molecular formula is C14H15N3O4. The summed E-state index contributed by atoms with van der Waals surface area (Å²) in [5.74, 6) is -1.07. The maximum absolute atomic E-state index is 11.8. The lowest BCUT2D eigenvalue weighted by Crippen LogP contribution is -2.52. The quantitative estimate of drug-likeness (QED) is 0.802. The fraction of sp³-hybridized carbons (Fsp3) is 0.357. The molecule has 0 aliphatic carbocycles. The van der Waals surface area contributed by atoms with Crippen molar-refractivity contribution in [3.05, 3.63) is 24.3 Å². The molecule has 2 fully saturated rings. The van der Waals surface area contributed by atoms with E-state index >= 15 is 0 Å². The number of amides is 4. The fourth-order valence-corrected chi connectivity index (χ4v) is 2.44. The van der Waals surface area contributed by atoms with Crippen molar-refractivity contribution in [3.8, 4) is 0 Å². The first-order valence-electron chi connectivity index (χ1n) is 6.75. The summed E-state index contributed by atoms with van der Waals surface area (Å²) in [7, 11) is 0. The number of ether oxygens (including phenoxy) is 1. The SMILES string of the molecule is O=C1CC(=O)N(c2ccc(N3CCOCC3)cc2)C(=O)N1. The number of anilines is 2. The van der Waals surface area contributed by atoms with Crippen LogP contribution in [0.15, 0.2) is 24.3 Å². The lowest BCUT2D eigenvalue weighted by molar-refractivity contribution is -0.128. The second kappa shape index (κ2) is 5.53. The number of imide groups is 2. The molecule has 1 N–H and O–H groups in total. The van der Waals surface area contributed by atoms with Gasteiger partial charge >= 0.3 is 6.03 Å². The molecule has 0 radical (unpaired) electrons. The summed E-state index contributed by atoms with van der Waals surface area (Å²) in [5.41, 5.74) is 1.48. The van der Waals surface area contributed by atoms with Crippen molar-refractivity contribution < 1.29 is 19.1 Å². The molecule has 0 bridgehead atoms. The van der Waals surface area contributed by atoms with E-state index in [1.807, 2.05) is 12.1 Å². The highest BCUT2D eigenvalue weighted by Crippen LogP contribution is 2.23. The average Bonchev–Trinajstić information content (AvgIpc) is 2.48. The van der Waals surface area contributed by atoms with Gasteiger partial charge in [0, 0.05) is 18.8 Å². The van der Waals surface area contributed by atoms with Crippen LogP contribution >= 0.6 is 0 Å². The summed E-state index contributed by atoms with van der Waals surface area (Å²) in [6, 6.07) is 6.43. The molecule has 2 aliphatic rings. The van der Waals surface area contributed by atoms with E-state index in [-0.39, 0.29) is 6.42 Å². The number of benzene rings is 1. The lowest BCUT2D eigenvalue weighted by atomic mass is 10.2. The summed E-state index contributed by atoms with van der Waals surface area (Å²) in [5, 5.41) is 2.14. The molecule has 4 amide bonds. The summed E-state index contributed by atoms with van der Waals surface area (Å²) in [6.07, 6.45) is -0.309. The van der Waals surface area contributed by atoms with Crippen LogP contribution in [-0.2, 0) is 14.3 Å². The van der Waals surface area contributed by atoms with Gasteiger partial charge in [-0.25, -0.2) is 9.69 Å². The van der Waals surface area contributed by atoms with Gasteiger partial charge in [-0.3, -0.25) is 14.9 Å². The first-order valence-corrected chi connectivity index (χ1v) is 6.75. The van der Waals surface area contributed by atoms with E-state index < -0.39 is 17.8 Å². The molecule has 110 valence electrons. The molecule has 1 aromatic rings. The third-order valence-corrected chi connectivity index (χ3v) is 3.49. The Kier molecular flexibility index (Phi) is 3.57. The van der Waals surface area contributed by atoms with Crippen LogP contribution in [0.1, 0.15) is 6.42 Å². The van der Waals surface area contributed by atoms with Crippen LogP contribution in [0.25, 0.3) is 0 Å². The van der Waals surface area contributed by atoms with Crippen molar-refractivity contribution in [1.29, 1.82) is 0 Å². The van der Waals surface area contributed by atoms with Crippen molar-refractivity contribution in [1.82, 2.24) is 5.32 Å². The smallest absolute Gasteiger partial charge is 0.335 e. The Morgan fingerprint density at radius 2 is 1.57 bits per heavy atom. The van der Waals surface area contributed by atoms with Crippen molar-refractivity contribution in [2.75, 3.05) is 36.1 Å². The molecule has 2 heterocycles. The number of morpholine rings is 1.